The van der Waals surface area contributed by atoms with Gasteiger partial charge in [0.1, 0.15) is 48.9 Å². The van der Waals surface area contributed by atoms with Crippen molar-refractivity contribution in [2.45, 2.75) is 134 Å². The highest BCUT2D eigenvalue weighted by molar-refractivity contribution is 5.97. The number of phenolic OH excluding ortho intramolecular Hbond substituents is 1. The summed E-state index contributed by atoms with van der Waals surface area (Å²) in [5, 5.41) is 34.7. The number of hydrogen-bond donors (Lipinski definition) is 9. The number of carbonyl (C=O) groups excluding carboxylic acids is 6. The van der Waals surface area contributed by atoms with E-state index in [1.165, 1.54) is 70.4 Å². The summed E-state index contributed by atoms with van der Waals surface area (Å²) in [5.74, 6) is -3.57. The Morgan fingerprint density at radius 2 is 1.59 bits per heavy atom. The van der Waals surface area contributed by atoms with E-state index in [4.69, 9.17) is 16.2 Å². The predicted octanol–water partition coefficient (Wildman–Crippen LogP) is 2.24. The minimum absolute atomic E-state index is 0.0866. The van der Waals surface area contributed by atoms with E-state index in [0.29, 0.717) is 48.4 Å². The minimum Gasteiger partial charge on any atom is -0.507 e. The molecule has 0 aromatic heterocycles. The van der Waals surface area contributed by atoms with Crippen molar-refractivity contribution in [3.8, 4) is 22.6 Å². The number of benzene rings is 2. The van der Waals surface area contributed by atoms with E-state index in [-0.39, 0.29) is 49.6 Å². The van der Waals surface area contributed by atoms with Crippen LogP contribution in [0.5, 0.6) is 11.5 Å². The lowest BCUT2D eigenvalue weighted by molar-refractivity contribution is -0.143. The zero-order valence-electron chi connectivity index (χ0n) is 37.6. The molecule has 5 atom stereocenters. The lowest BCUT2D eigenvalue weighted by atomic mass is 9.93. The fourth-order valence-electron chi connectivity index (χ4n) is 7.43. The first-order chi connectivity index (χ1) is 30.3. The number of fused-ring (bicyclic) bond motifs is 5. The van der Waals surface area contributed by atoms with E-state index in [2.05, 4.69) is 33.5 Å². The first-order valence-electron chi connectivity index (χ1n) is 22.6. The summed E-state index contributed by atoms with van der Waals surface area (Å²) in [6, 6.07) is 3.52. The van der Waals surface area contributed by atoms with Crippen LogP contribution in [-0.4, -0.2) is 121 Å². The van der Waals surface area contributed by atoms with E-state index in [1.807, 2.05) is 0 Å². The van der Waals surface area contributed by atoms with Crippen LogP contribution in [0.4, 0.5) is 0 Å². The van der Waals surface area contributed by atoms with Crippen LogP contribution in [-0.2, 0) is 35.2 Å². The van der Waals surface area contributed by atoms with Gasteiger partial charge < -0.3 is 57.9 Å². The van der Waals surface area contributed by atoms with Crippen LogP contribution >= 0.6 is 0 Å². The Kier molecular flexibility index (Phi) is 23.1. The number of amides is 5. The largest absolute Gasteiger partial charge is 0.507 e. The quantitative estimate of drug-likeness (QED) is 0.0617. The van der Waals surface area contributed by atoms with Crippen molar-refractivity contribution in [3.05, 3.63) is 47.5 Å². The minimum atomic E-state index is -1.37. The lowest BCUT2D eigenvalue weighted by Gasteiger charge is -2.32. The Morgan fingerprint density at radius 1 is 0.873 bits per heavy atom. The van der Waals surface area contributed by atoms with E-state index in [9.17, 15) is 39.0 Å². The molecule has 17 nitrogen and oxygen atoms in total. The summed E-state index contributed by atoms with van der Waals surface area (Å²) in [6.45, 7) is 6.14. The highest BCUT2D eigenvalue weighted by atomic mass is 16.5. The van der Waals surface area contributed by atoms with Gasteiger partial charge in [0.05, 0.1) is 6.04 Å². The number of Topliss-reactive ketones (excluding diaryl/α,β-unsaturated/α-hetero) is 1. The van der Waals surface area contributed by atoms with Gasteiger partial charge in [0, 0.05) is 44.1 Å². The van der Waals surface area contributed by atoms with Gasteiger partial charge in [-0.1, -0.05) is 64.0 Å². The number of nitrogens with one attached hydrogen (secondary N) is 5. The lowest BCUT2D eigenvalue weighted by Crippen LogP contribution is -2.57. The van der Waals surface area contributed by atoms with Crippen molar-refractivity contribution in [3.63, 3.8) is 0 Å². The summed E-state index contributed by atoms with van der Waals surface area (Å²) < 4.78 is 5.99. The average Bonchev–Trinajstić information content (AvgIpc) is 3.26. The SMILES string of the molecule is CCCCCCCCCCNCCC(=O)N[C@@H](CCCCN)C(=O)N(C)[C@@H]1C(=O)N[C@@H](C)C(=O)N[C@H](C(=O)N[C@@H](C)C(=O)CO)Cc2ccc(O)c(c2)-c2cc1ccc2OCCN. The zero-order chi connectivity index (χ0) is 46.3. The number of rotatable bonds is 26. The Labute approximate surface area is 372 Å². The Morgan fingerprint density at radius 3 is 2.27 bits per heavy atom. The number of ketones is 1. The molecule has 0 saturated carbocycles. The number of likely N-dealkylation sites (N-methyl/N-ethyl adjacent to an activating group) is 1. The summed E-state index contributed by atoms with van der Waals surface area (Å²) in [7, 11) is 1.44. The van der Waals surface area contributed by atoms with Crippen molar-refractivity contribution >= 4 is 35.3 Å². The van der Waals surface area contributed by atoms with Crippen LogP contribution < -0.4 is 42.8 Å². The van der Waals surface area contributed by atoms with Gasteiger partial charge in [0.2, 0.25) is 29.5 Å². The third-order valence-corrected chi connectivity index (χ3v) is 11.2. The molecule has 1 aliphatic rings. The molecule has 3 rings (SSSR count). The number of aromatic hydroxyl groups is 1. The number of aliphatic hydroxyl groups is 1. The highest BCUT2D eigenvalue weighted by Crippen LogP contribution is 2.39. The first-order valence-corrected chi connectivity index (χ1v) is 22.6. The molecular weight excluding hydrogens is 809 g/mol. The maximum atomic E-state index is 14.5. The molecular formula is C46H72N8O9. The van der Waals surface area contributed by atoms with Gasteiger partial charge >= 0.3 is 0 Å². The normalized spacial score (nSPS) is 17.3. The molecule has 5 amide bonds. The molecule has 4 bridgehead atoms. The summed E-state index contributed by atoms with van der Waals surface area (Å²) in [6.07, 6.45) is 11.1. The van der Waals surface area contributed by atoms with E-state index >= 15 is 0 Å². The number of hydrogen-bond acceptors (Lipinski definition) is 12. The van der Waals surface area contributed by atoms with Gasteiger partial charge in [0.15, 0.2) is 5.78 Å². The van der Waals surface area contributed by atoms with Gasteiger partial charge in [-0.3, -0.25) is 28.8 Å². The van der Waals surface area contributed by atoms with E-state index in [0.717, 1.165) is 19.4 Å². The molecule has 0 unspecified atom stereocenters. The fourth-order valence-corrected chi connectivity index (χ4v) is 7.43. The molecule has 350 valence electrons. The number of ether oxygens (including phenoxy) is 1. The molecule has 1 heterocycles. The fraction of sp³-hybridized carbons (Fsp3) is 0.609. The molecule has 0 spiro atoms. The highest BCUT2D eigenvalue weighted by Gasteiger charge is 2.36. The molecule has 63 heavy (non-hydrogen) atoms. The summed E-state index contributed by atoms with van der Waals surface area (Å²) >= 11 is 0. The van der Waals surface area contributed by atoms with Crippen molar-refractivity contribution in [1.29, 1.82) is 0 Å². The molecule has 2 aromatic rings. The molecule has 17 heteroatoms. The summed E-state index contributed by atoms with van der Waals surface area (Å²) in [5.41, 5.74) is 13.0. The maximum Gasteiger partial charge on any atom is 0.248 e. The second-order valence-corrected chi connectivity index (χ2v) is 16.3. The van der Waals surface area contributed by atoms with Crippen molar-refractivity contribution < 1.29 is 43.7 Å². The predicted molar refractivity (Wildman–Crippen MR) is 241 cm³/mol. The molecule has 11 N–H and O–H groups in total. The number of nitrogens with zero attached hydrogens (tertiary/aromatic N) is 1. The number of aliphatic hydroxyl groups excluding tert-OH is 1. The number of carbonyl (C=O) groups is 6. The topological polar surface area (TPSA) is 268 Å². The maximum absolute atomic E-state index is 14.5. The average molecular weight is 881 g/mol. The second kappa shape index (κ2) is 27.9. The van der Waals surface area contributed by atoms with Gasteiger partial charge in [-0.15, -0.1) is 0 Å². The number of phenols is 1. The third kappa shape index (κ3) is 16.8. The van der Waals surface area contributed by atoms with Gasteiger partial charge in [-0.05, 0) is 88.0 Å². The van der Waals surface area contributed by atoms with Crippen LogP contribution in [0.1, 0.15) is 115 Å². The van der Waals surface area contributed by atoms with E-state index in [1.54, 1.807) is 30.3 Å². The Bertz CT molecular complexity index is 1810. The number of unbranched alkanes of at least 4 members (excludes halogenated alkanes) is 8. The standard InChI is InChI=1S/C46H72N8O9/c1-5-6-7-8-9-10-11-14-23-49-24-20-41(58)52-36(15-12-13-21-47)46(62)54(4)42-33-17-19-40(63-25-22-48)35(28-33)34-26-32(16-18-38(34)56)27-37(44(60)50-30(2)39(57)29-55)53-43(59)31(3)51-45(42)61/h16-19,26,28,30-31,36-37,42,49,55-56H,5-15,20-25,27,29,47-48H2,1-4H3,(H,50,60)(H,51,61)(H,52,58)(H,53,59)/t30-,31-,36-,37-,42-/m0/s1. The van der Waals surface area contributed by atoms with Crippen LogP contribution in [0.25, 0.3) is 11.1 Å². The van der Waals surface area contributed by atoms with E-state index < -0.39 is 66.2 Å². The van der Waals surface area contributed by atoms with Crippen LogP contribution in [0.3, 0.4) is 0 Å². The Balaban J connectivity index is 1.96. The van der Waals surface area contributed by atoms with Crippen molar-refractivity contribution in [2.75, 3.05) is 46.4 Å². The second-order valence-electron chi connectivity index (χ2n) is 16.3. The zero-order valence-corrected chi connectivity index (χ0v) is 37.6. The molecule has 0 fully saturated rings. The third-order valence-electron chi connectivity index (χ3n) is 11.2. The van der Waals surface area contributed by atoms with Crippen LogP contribution in [0.2, 0.25) is 0 Å². The molecule has 2 aromatic carbocycles. The molecule has 0 aliphatic carbocycles. The van der Waals surface area contributed by atoms with Crippen molar-refractivity contribution in [1.82, 2.24) is 31.5 Å². The van der Waals surface area contributed by atoms with Crippen LogP contribution in [0, 0.1) is 0 Å². The van der Waals surface area contributed by atoms with Gasteiger partial charge in [-0.2, -0.15) is 0 Å². The van der Waals surface area contributed by atoms with Gasteiger partial charge in [0.25, 0.3) is 0 Å². The van der Waals surface area contributed by atoms with Crippen LogP contribution in [0.15, 0.2) is 36.4 Å². The Hall–Kier alpha value is -5.10. The first kappa shape index (κ1) is 52.2. The molecule has 0 radical (unpaired) electrons. The molecule has 1 aliphatic heterocycles. The molecule has 0 saturated heterocycles. The van der Waals surface area contributed by atoms with Gasteiger partial charge in [-0.25, -0.2) is 0 Å². The smallest absolute Gasteiger partial charge is 0.248 e. The summed E-state index contributed by atoms with van der Waals surface area (Å²) in [4.78, 5) is 82.9. The number of nitrogens with two attached hydrogens (primary N) is 2. The monoisotopic (exact) mass is 881 g/mol. The van der Waals surface area contributed by atoms with Crippen molar-refractivity contribution in [2.24, 2.45) is 11.5 Å².